The third kappa shape index (κ3) is 5.57. The van der Waals surface area contributed by atoms with Gasteiger partial charge in [-0.05, 0) is 32.9 Å². The number of halogens is 3. The monoisotopic (exact) mass is 345 g/mol. The Morgan fingerprint density at radius 2 is 1.90 bits per heavy atom. The largest absolute Gasteiger partial charge is 0.444 e. The van der Waals surface area contributed by atoms with Crippen LogP contribution in [0.15, 0.2) is 16.6 Å². The molecule has 0 heterocycles. The zero-order valence-electron chi connectivity index (χ0n) is 11.3. The van der Waals surface area contributed by atoms with Crippen LogP contribution < -0.4 is 5.32 Å². The number of alkyl carbamates (subject to hydrolysis) is 1. The second-order valence-electron chi connectivity index (χ2n) is 4.90. The maximum atomic E-state index is 13.4. The standard InChI is InChI=1S/C14H14BrF2NO2/c1-14(2,3)20-13(19)18-6-4-5-10-11(16)7-9(15)8-12(10)17/h7-8H,6H2,1-3H3,(H,18,19). The van der Waals surface area contributed by atoms with Crippen molar-refractivity contribution >= 4 is 22.0 Å². The summed E-state index contributed by atoms with van der Waals surface area (Å²) < 4.78 is 32.1. The van der Waals surface area contributed by atoms with Gasteiger partial charge in [0, 0.05) is 4.47 Å². The minimum Gasteiger partial charge on any atom is -0.444 e. The molecular formula is C14H14BrF2NO2. The zero-order chi connectivity index (χ0) is 15.3. The maximum Gasteiger partial charge on any atom is 0.408 e. The second-order valence-corrected chi connectivity index (χ2v) is 5.82. The summed E-state index contributed by atoms with van der Waals surface area (Å²) in [6, 6.07) is 2.24. The van der Waals surface area contributed by atoms with E-state index in [0.717, 1.165) is 12.1 Å². The van der Waals surface area contributed by atoms with Crippen molar-refractivity contribution < 1.29 is 18.3 Å². The Kier molecular flexibility index (Phi) is 5.52. The smallest absolute Gasteiger partial charge is 0.408 e. The summed E-state index contributed by atoms with van der Waals surface area (Å²) >= 11 is 2.97. The van der Waals surface area contributed by atoms with Crippen LogP contribution in [0.5, 0.6) is 0 Å². The van der Waals surface area contributed by atoms with Gasteiger partial charge in [0.25, 0.3) is 0 Å². The second kappa shape index (κ2) is 6.71. The van der Waals surface area contributed by atoms with Gasteiger partial charge in [-0.3, -0.25) is 0 Å². The number of carbonyl (C=O) groups is 1. The van der Waals surface area contributed by atoms with Crippen molar-refractivity contribution in [2.45, 2.75) is 26.4 Å². The van der Waals surface area contributed by atoms with Crippen LogP contribution in [0.4, 0.5) is 13.6 Å². The van der Waals surface area contributed by atoms with E-state index >= 15 is 0 Å². The summed E-state index contributed by atoms with van der Waals surface area (Å²) in [4.78, 5) is 11.3. The Hall–Kier alpha value is -1.61. The first-order valence-corrected chi connectivity index (χ1v) is 6.58. The number of amides is 1. The Morgan fingerprint density at radius 1 is 1.35 bits per heavy atom. The molecule has 0 spiro atoms. The minimum atomic E-state index is -0.762. The molecule has 0 unspecified atom stereocenters. The third-order valence-corrected chi connectivity index (χ3v) is 2.40. The van der Waals surface area contributed by atoms with Crippen LogP contribution >= 0.6 is 15.9 Å². The maximum absolute atomic E-state index is 13.4. The third-order valence-electron chi connectivity index (χ3n) is 1.94. The molecule has 0 bridgehead atoms. The predicted molar refractivity (Wildman–Crippen MR) is 75.2 cm³/mol. The SMILES string of the molecule is CC(C)(C)OC(=O)NCC#Cc1c(F)cc(Br)cc1F. The van der Waals surface area contributed by atoms with Crippen molar-refractivity contribution in [1.82, 2.24) is 5.32 Å². The van der Waals surface area contributed by atoms with Gasteiger partial charge < -0.3 is 10.1 Å². The first-order valence-electron chi connectivity index (χ1n) is 5.79. The van der Waals surface area contributed by atoms with Crippen LogP contribution in [0.25, 0.3) is 0 Å². The van der Waals surface area contributed by atoms with Gasteiger partial charge in [-0.2, -0.15) is 0 Å². The Balaban J connectivity index is 2.62. The Labute approximate surface area is 124 Å². The van der Waals surface area contributed by atoms with Gasteiger partial charge >= 0.3 is 6.09 Å². The van der Waals surface area contributed by atoms with Gasteiger partial charge in [0.05, 0.1) is 12.1 Å². The molecule has 1 amide bonds. The predicted octanol–water partition coefficient (Wildman–Crippen LogP) is 3.60. The topological polar surface area (TPSA) is 38.3 Å². The highest BCUT2D eigenvalue weighted by Crippen LogP contribution is 2.18. The quantitative estimate of drug-likeness (QED) is 0.789. The summed E-state index contributed by atoms with van der Waals surface area (Å²) in [5.41, 5.74) is -0.944. The van der Waals surface area contributed by atoms with E-state index < -0.39 is 23.3 Å². The number of rotatable bonds is 1. The molecule has 3 nitrogen and oxygen atoms in total. The van der Waals surface area contributed by atoms with Gasteiger partial charge in [-0.25, -0.2) is 13.6 Å². The first-order chi connectivity index (χ1) is 9.19. The van der Waals surface area contributed by atoms with Gasteiger partial charge in [0.1, 0.15) is 17.2 Å². The van der Waals surface area contributed by atoms with Crippen molar-refractivity contribution in [2.75, 3.05) is 6.54 Å². The van der Waals surface area contributed by atoms with Gasteiger partial charge in [-0.1, -0.05) is 27.8 Å². The molecule has 0 aliphatic carbocycles. The number of hydrogen-bond donors (Lipinski definition) is 1. The van der Waals surface area contributed by atoms with E-state index in [1.807, 2.05) is 0 Å². The molecule has 1 N–H and O–H groups in total. The lowest BCUT2D eigenvalue weighted by atomic mass is 10.2. The van der Waals surface area contributed by atoms with Crippen LogP contribution in [-0.2, 0) is 4.74 Å². The van der Waals surface area contributed by atoms with E-state index in [4.69, 9.17) is 4.74 Å². The molecule has 0 aromatic heterocycles. The lowest BCUT2D eigenvalue weighted by Crippen LogP contribution is -2.32. The van der Waals surface area contributed by atoms with Gasteiger partial charge in [-0.15, -0.1) is 0 Å². The number of carbonyl (C=O) groups excluding carboxylic acids is 1. The number of nitrogens with one attached hydrogen (secondary N) is 1. The fourth-order valence-corrected chi connectivity index (χ4v) is 1.63. The zero-order valence-corrected chi connectivity index (χ0v) is 12.9. The summed E-state index contributed by atoms with van der Waals surface area (Å²) in [6.07, 6.45) is -0.636. The first kappa shape index (κ1) is 16.4. The molecule has 0 radical (unpaired) electrons. The average Bonchev–Trinajstić information content (AvgIpc) is 2.23. The van der Waals surface area contributed by atoms with E-state index in [1.54, 1.807) is 20.8 Å². The van der Waals surface area contributed by atoms with Gasteiger partial charge in [0.2, 0.25) is 0 Å². The summed E-state index contributed by atoms with van der Waals surface area (Å²) in [5, 5.41) is 2.37. The van der Waals surface area contributed by atoms with E-state index in [0.29, 0.717) is 4.47 Å². The van der Waals surface area contributed by atoms with Gasteiger partial charge in [0.15, 0.2) is 0 Å². The number of benzene rings is 1. The highest BCUT2D eigenvalue weighted by atomic mass is 79.9. The number of ether oxygens (including phenoxy) is 1. The molecule has 0 saturated carbocycles. The lowest BCUT2D eigenvalue weighted by Gasteiger charge is -2.18. The number of hydrogen-bond acceptors (Lipinski definition) is 2. The minimum absolute atomic E-state index is 0.0656. The van der Waals surface area contributed by atoms with Crippen molar-refractivity contribution in [1.29, 1.82) is 0 Å². The molecule has 1 aromatic carbocycles. The lowest BCUT2D eigenvalue weighted by molar-refractivity contribution is 0.0535. The van der Waals surface area contributed by atoms with Crippen LogP contribution in [-0.4, -0.2) is 18.2 Å². The molecule has 0 fully saturated rings. The molecule has 6 heteroatoms. The molecule has 108 valence electrons. The van der Waals surface area contributed by atoms with Crippen LogP contribution in [0.3, 0.4) is 0 Å². The molecule has 1 aromatic rings. The molecule has 0 saturated heterocycles. The van der Waals surface area contributed by atoms with E-state index in [9.17, 15) is 13.6 Å². The molecule has 0 aliphatic rings. The summed E-state index contributed by atoms with van der Waals surface area (Å²) in [7, 11) is 0. The summed E-state index contributed by atoms with van der Waals surface area (Å²) in [5.74, 6) is 3.27. The van der Waals surface area contributed by atoms with Crippen molar-refractivity contribution in [3.05, 3.63) is 33.8 Å². The Bertz CT molecular complexity index is 548. The molecule has 20 heavy (non-hydrogen) atoms. The summed E-state index contributed by atoms with van der Waals surface area (Å²) in [6.45, 7) is 5.12. The van der Waals surface area contributed by atoms with Crippen molar-refractivity contribution in [3.63, 3.8) is 0 Å². The van der Waals surface area contributed by atoms with Crippen LogP contribution in [0, 0.1) is 23.5 Å². The molecular weight excluding hydrogens is 332 g/mol. The van der Waals surface area contributed by atoms with E-state index in [-0.39, 0.29) is 12.1 Å². The Morgan fingerprint density at radius 3 is 2.40 bits per heavy atom. The fraction of sp³-hybridized carbons (Fsp3) is 0.357. The normalized spacial score (nSPS) is 10.5. The molecule has 1 rings (SSSR count). The van der Waals surface area contributed by atoms with Crippen LogP contribution in [0.2, 0.25) is 0 Å². The average molecular weight is 346 g/mol. The fourth-order valence-electron chi connectivity index (χ4n) is 1.22. The van der Waals surface area contributed by atoms with E-state index in [2.05, 4.69) is 33.1 Å². The molecule has 0 aliphatic heterocycles. The van der Waals surface area contributed by atoms with Crippen molar-refractivity contribution in [3.8, 4) is 11.8 Å². The highest BCUT2D eigenvalue weighted by Gasteiger charge is 2.15. The van der Waals surface area contributed by atoms with Crippen LogP contribution in [0.1, 0.15) is 26.3 Å². The highest BCUT2D eigenvalue weighted by molar-refractivity contribution is 9.10. The molecule has 0 atom stereocenters. The van der Waals surface area contributed by atoms with Crippen molar-refractivity contribution in [2.24, 2.45) is 0 Å². The van der Waals surface area contributed by atoms with E-state index in [1.165, 1.54) is 0 Å².